The first-order valence-corrected chi connectivity index (χ1v) is 11.6. The summed E-state index contributed by atoms with van der Waals surface area (Å²) in [5.41, 5.74) is 2.52. The molecule has 8 atom stereocenters. The summed E-state index contributed by atoms with van der Waals surface area (Å²) >= 11 is 0. The van der Waals surface area contributed by atoms with Crippen LogP contribution in [0.3, 0.4) is 0 Å². The van der Waals surface area contributed by atoms with E-state index in [2.05, 4.69) is 27.4 Å². The van der Waals surface area contributed by atoms with Crippen molar-refractivity contribution in [2.24, 2.45) is 46.3 Å². The van der Waals surface area contributed by atoms with E-state index in [0.29, 0.717) is 23.2 Å². The van der Waals surface area contributed by atoms with E-state index < -0.39 is 5.97 Å². The first-order valence-electron chi connectivity index (χ1n) is 11.6. The number of rotatable bonds is 4. The van der Waals surface area contributed by atoms with Gasteiger partial charge in [0.25, 0.3) is 0 Å². The molecule has 0 aromatic rings. The Hall–Kier alpha value is -0.790. The van der Waals surface area contributed by atoms with E-state index in [4.69, 9.17) is 5.11 Å². The summed E-state index contributed by atoms with van der Waals surface area (Å²) < 4.78 is 0. The third-order valence-corrected chi connectivity index (χ3v) is 10.2. The Morgan fingerprint density at radius 1 is 1.11 bits per heavy atom. The normalized spacial score (nSPS) is 47.7. The van der Waals surface area contributed by atoms with E-state index in [9.17, 15) is 4.79 Å². The fourth-order valence-corrected chi connectivity index (χ4v) is 8.68. The highest BCUT2D eigenvalue weighted by Crippen LogP contribution is 2.68. The van der Waals surface area contributed by atoms with Crippen LogP contribution in [0.5, 0.6) is 0 Å². The van der Waals surface area contributed by atoms with E-state index >= 15 is 0 Å². The van der Waals surface area contributed by atoms with Gasteiger partial charge in [0, 0.05) is 6.42 Å². The van der Waals surface area contributed by atoms with E-state index in [-0.39, 0.29) is 0 Å². The number of carbonyl (C=O) groups is 1. The fraction of sp³-hybridized carbons (Fsp3) is 0.880. The van der Waals surface area contributed by atoms with Gasteiger partial charge >= 0.3 is 5.97 Å². The van der Waals surface area contributed by atoms with Crippen molar-refractivity contribution < 1.29 is 9.90 Å². The molecule has 4 rings (SSSR count). The molecular formula is C25H40O2. The molecule has 0 saturated heterocycles. The maximum Gasteiger partial charge on any atom is 0.303 e. The summed E-state index contributed by atoms with van der Waals surface area (Å²) in [4.78, 5) is 11.1. The maximum absolute atomic E-state index is 11.1. The molecule has 4 fully saturated rings. The van der Waals surface area contributed by atoms with Gasteiger partial charge in [-0.05, 0) is 111 Å². The minimum Gasteiger partial charge on any atom is -0.481 e. The molecule has 0 aliphatic heterocycles. The monoisotopic (exact) mass is 372 g/mol. The summed E-state index contributed by atoms with van der Waals surface area (Å²) in [6, 6.07) is 0. The number of fused-ring (bicyclic) bond motifs is 5. The molecule has 0 aromatic heterocycles. The minimum atomic E-state index is -0.629. The second kappa shape index (κ2) is 6.92. The molecular weight excluding hydrogens is 332 g/mol. The van der Waals surface area contributed by atoms with Crippen molar-refractivity contribution >= 4 is 5.97 Å². The van der Waals surface area contributed by atoms with E-state index in [1.165, 1.54) is 63.4 Å². The average molecular weight is 373 g/mol. The van der Waals surface area contributed by atoms with Crippen LogP contribution in [-0.4, -0.2) is 11.1 Å². The van der Waals surface area contributed by atoms with Crippen LogP contribution in [0.4, 0.5) is 0 Å². The van der Waals surface area contributed by atoms with Crippen molar-refractivity contribution in [1.82, 2.24) is 0 Å². The number of hydrogen-bond acceptors (Lipinski definition) is 1. The molecule has 0 aromatic carbocycles. The predicted octanol–water partition coefficient (Wildman–Crippen LogP) is 6.70. The Morgan fingerprint density at radius 2 is 1.85 bits per heavy atom. The van der Waals surface area contributed by atoms with Crippen molar-refractivity contribution in [2.45, 2.75) is 91.4 Å². The number of allylic oxidation sites excluding steroid dienone is 1. The van der Waals surface area contributed by atoms with Crippen molar-refractivity contribution in [3.63, 3.8) is 0 Å². The lowest BCUT2D eigenvalue weighted by Gasteiger charge is -2.61. The van der Waals surface area contributed by atoms with Crippen LogP contribution in [0.2, 0.25) is 0 Å². The topological polar surface area (TPSA) is 37.3 Å². The third-order valence-electron chi connectivity index (χ3n) is 10.2. The van der Waals surface area contributed by atoms with Gasteiger partial charge in [0.2, 0.25) is 0 Å². The minimum absolute atomic E-state index is 0.341. The lowest BCUT2D eigenvalue weighted by molar-refractivity contribution is -0.137. The smallest absolute Gasteiger partial charge is 0.303 e. The first-order chi connectivity index (χ1) is 12.8. The Labute approximate surface area is 166 Å². The Morgan fingerprint density at radius 3 is 2.59 bits per heavy atom. The van der Waals surface area contributed by atoms with E-state index in [1.54, 1.807) is 0 Å². The highest BCUT2D eigenvalue weighted by Gasteiger charge is 2.60. The summed E-state index contributed by atoms with van der Waals surface area (Å²) in [5, 5.41) is 9.11. The molecule has 4 aliphatic carbocycles. The first kappa shape index (κ1) is 19.5. The molecule has 152 valence electrons. The second-order valence-electron chi connectivity index (χ2n) is 11.2. The standard InChI is InChI=1S/C25H40O2/c1-16-11-13-24(3)18(15-16)6-7-19-21-9-8-20(17(2)5-10-23(26)27)25(21,4)14-12-22(19)24/h17-22H,1,5-15H2,2-4H3,(H,26,27). The fourth-order valence-electron chi connectivity index (χ4n) is 8.68. The van der Waals surface area contributed by atoms with Gasteiger partial charge in [0.05, 0.1) is 0 Å². The van der Waals surface area contributed by atoms with E-state index in [1.807, 2.05) is 0 Å². The van der Waals surface area contributed by atoms with Crippen LogP contribution in [0.1, 0.15) is 91.4 Å². The van der Waals surface area contributed by atoms with Crippen molar-refractivity contribution in [3.8, 4) is 0 Å². The SMILES string of the molecule is C=C1CCC2(C)C(CCC3C2CCC2(C)C(C(C)CCC(=O)O)CCC32)C1. The van der Waals surface area contributed by atoms with Crippen LogP contribution in [0.25, 0.3) is 0 Å². The van der Waals surface area contributed by atoms with Crippen LogP contribution in [-0.2, 0) is 4.79 Å². The molecule has 8 unspecified atom stereocenters. The quantitative estimate of drug-likeness (QED) is 0.557. The highest BCUT2D eigenvalue weighted by atomic mass is 16.4. The Kier molecular flexibility index (Phi) is 5.00. The molecule has 0 bridgehead atoms. The molecule has 4 saturated carbocycles. The molecule has 0 spiro atoms. The largest absolute Gasteiger partial charge is 0.481 e. The van der Waals surface area contributed by atoms with Crippen LogP contribution in [0, 0.1) is 46.3 Å². The predicted molar refractivity (Wildman–Crippen MR) is 110 cm³/mol. The summed E-state index contributed by atoms with van der Waals surface area (Å²) in [6.07, 6.45) is 13.5. The molecule has 4 aliphatic rings. The third kappa shape index (κ3) is 3.10. The second-order valence-corrected chi connectivity index (χ2v) is 11.2. The highest BCUT2D eigenvalue weighted by molar-refractivity contribution is 5.66. The Balaban J connectivity index is 1.52. The van der Waals surface area contributed by atoms with E-state index in [0.717, 1.165) is 36.0 Å². The lowest BCUT2D eigenvalue weighted by Crippen LogP contribution is -2.53. The van der Waals surface area contributed by atoms with Gasteiger partial charge in [-0.15, -0.1) is 0 Å². The van der Waals surface area contributed by atoms with Crippen molar-refractivity contribution in [1.29, 1.82) is 0 Å². The van der Waals surface area contributed by atoms with Gasteiger partial charge < -0.3 is 5.11 Å². The molecule has 1 N–H and O–H groups in total. The Bertz CT molecular complexity index is 609. The van der Waals surface area contributed by atoms with Gasteiger partial charge in [-0.3, -0.25) is 4.79 Å². The van der Waals surface area contributed by atoms with Gasteiger partial charge in [-0.25, -0.2) is 0 Å². The molecule has 0 radical (unpaired) electrons. The number of carboxylic acid groups (broad SMARTS) is 1. The zero-order valence-corrected chi connectivity index (χ0v) is 17.8. The zero-order chi connectivity index (χ0) is 19.4. The molecule has 27 heavy (non-hydrogen) atoms. The van der Waals surface area contributed by atoms with Gasteiger partial charge in [0.15, 0.2) is 0 Å². The summed E-state index contributed by atoms with van der Waals surface area (Å²) in [5.74, 6) is 4.28. The van der Waals surface area contributed by atoms with Crippen LogP contribution < -0.4 is 0 Å². The van der Waals surface area contributed by atoms with Gasteiger partial charge in [0.1, 0.15) is 0 Å². The average Bonchev–Trinajstić information content (AvgIpc) is 2.97. The van der Waals surface area contributed by atoms with Gasteiger partial charge in [-0.1, -0.05) is 32.9 Å². The van der Waals surface area contributed by atoms with Crippen molar-refractivity contribution in [2.75, 3.05) is 0 Å². The van der Waals surface area contributed by atoms with Gasteiger partial charge in [-0.2, -0.15) is 0 Å². The van der Waals surface area contributed by atoms with Crippen LogP contribution >= 0.6 is 0 Å². The summed E-state index contributed by atoms with van der Waals surface area (Å²) in [6.45, 7) is 11.9. The molecule has 2 heteroatoms. The van der Waals surface area contributed by atoms with Crippen LogP contribution in [0.15, 0.2) is 12.2 Å². The zero-order valence-electron chi connectivity index (χ0n) is 17.8. The molecule has 0 amide bonds. The molecule has 2 nitrogen and oxygen atoms in total. The lowest BCUT2D eigenvalue weighted by atomic mass is 9.44. The number of hydrogen-bond donors (Lipinski definition) is 1. The van der Waals surface area contributed by atoms with Crippen molar-refractivity contribution in [3.05, 3.63) is 12.2 Å². The molecule has 0 heterocycles. The number of aliphatic carboxylic acids is 1. The number of carboxylic acids is 1. The maximum atomic E-state index is 11.1. The summed E-state index contributed by atoms with van der Waals surface area (Å²) in [7, 11) is 0.